The molecule has 31 heavy (non-hydrogen) atoms. The highest BCUT2D eigenvalue weighted by atomic mass is 32.2. The molecule has 0 aromatic heterocycles. The van der Waals surface area contributed by atoms with Crippen LogP contribution < -0.4 is 16.5 Å². The first kappa shape index (κ1) is 21.8. The quantitative estimate of drug-likeness (QED) is 0.363. The Balaban J connectivity index is 1.48. The van der Waals surface area contributed by atoms with Crippen molar-refractivity contribution in [3.8, 4) is 0 Å². The fourth-order valence-corrected chi connectivity index (χ4v) is 4.90. The van der Waals surface area contributed by atoms with Crippen molar-refractivity contribution in [2.45, 2.75) is 12.8 Å². The van der Waals surface area contributed by atoms with Crippen LogP contribution >= 0.6 is 0 Å². The van der Waals surface area contributed by atoms with Crippen molar-refractivity contribution in [2.75, 3.05) is 50.5 Å². The van der Waals surface area contributed by atoms with Crippen molar-refractivity contribution in [1.29, 1.82) is 0 Å². The van der Waals surface area contributed by atoms with Gasteiger partial charge < -0.3 is 15.4 Å². The predicted molar refractivity (Wildman–Crippen MR) is 116 cm³/mol. The topological polar surface area (TPSA) is 144 Å². The summed E-state index contributed by atoms with van der Waals surface area (Å²) >= 11 is 0. The van der Waals surface area contributed by atoms with Crippen LogP contribution in [0.1, 0.15) is 23.2 Å². The number of sulfonamides is 1. The summed E-state index contributed by atoms with van der Waals surface area (Å²) in [4.78, 5) is 19.6. The van der Waals surface area contributed by atoms with Crippen LogP contribution in [-0.2, 0) is 14.8 Å². The zero-order valence-electron chi connectivity index (χ0n) is 17.5. The van der Waals surface area contributed by atoms with Gasteiger partial charge in [0.1, 0.15) is 0 Å². The lowest BCUT2D eigenvalue weighted by Crippen LogP contribution is -2.60. The van der Waals surface area contributed by atoms with Crippen LogP contribution in [0, 0.1) is 5.92 Å². The van der Waals surface area contributed by atoms with E-state index in [-0.39, 0.29) is 11.9 Å². The molecule has 1 unspecified atom stereocenters. The molecule has 0 bridgehead atoms. The monoisotopic (exact) mass is 450 g/mol. The summed E-state index contributed by atoms with van der Waals surface area (Å²) in [6, 6.07) is 7.18. The Morgan fingerprint density at radius 2 is 1.74 bits per heavy atom. The van der Waals surface area contributed by atoms with Crippen molar-refractivity contribution in [2.24, 2.45) is 27.6 Å². The average Bonchev–Trinajstić information content (AvgIpc) is 3.09. The van der Waals surface area contributed by atoms with E-state index in [1.54, 1.807) is 12.1 Å². The zero-order chi connectivity index (χ0) is 22.2. The Labute approximate surface area is 181 Å². The summed E-state index contributed by atoms with van der Waals surface area (Å²) in [7, 11) is -3.23. The van der Waals surface area contributed by atoms with Gasteiger partial charge in [-0.15, -0.1) is 5.84 Å². The average molecular weight is 451 g/mol. The minimum absolute atomic E-state index is 0.0946. The number of morpholine rings is 1. The Kier molecular flexibility index (Phi) is 5.83. The number of guanidine groups is 1. The minimum atomic E-state index is -3.23. The predicted octanol–water partition coefficient (Wildman–Crippen LogP) is -0.333. The van der Waals surface area contributed by atoms with Crippen molar-refractivity contribution in [3.05, 3.63) is 29.8 Å². The Morgan fingerprint density at radius 3 is 2.32 bits per heavy atom. The van der Waals surface area contributed by atoms with E-state index in [0.29, 0.717) is 50.5 Å². The maximum absolute atomic E-state index is 13.1. The van der Waals surface area contributed by atoms with Crippen molar-refractivity contribution in [3.63, 3.8) is 0 Å². The number of ether oxygens (including phenoxy) is 1. The molecule has 4 N–H and O–H groups in total. The highest BCUT2D eigenvalue weighted by Gasteiger charge is 2.47. The number of amidine groups is 1. The molecular formula is C19H28N7O4S+. The van der Waals surface area contributed by atoms with Gasteiger partial charge in [0.15, 0.2) is 5.84 Å². The third kappa shape index (κ3) is 4.34. The molecule has 1 aromatic carbocycles. The van der Waals surface area contributed by atoms with Gasteiger partial charge in [0.05, 0.1) is 25.0 Å². The maximum Gasteiger partial charge on any atom is 0.399 e. The second kappa shape index (κ2) is 8.28. The molecule has 2 fully saturated rings. The first-order valence-corrected chi connectivity index (χ1v) is 12.1. The molecule has 11 nitrogen and oxygen atoms in total. The molecule has 3 heterocycles. The number of aliphatic imine (C=N–C) groups is 1. The molecule has 1 atom stereocenters. The van der Waals surface area contributed by atoms with Gasteiger partial charge in [0, 0.05) is 42.5 Å². The number of carbonyl (C=O) groups excluding carboxylic acids is 1. The molecule has 4 rings (SSSR count). The van der Waals surface area contributed by atoms with E-state index in [0.717, 1.165) is 18.8 Å². The molecule has 0 radical (unpaired) electrons. The largest absolute Gasteiger partial charge is 0.399 e. The molecule has 168 valence electrons. The Morgan fingerprint density at radius 1 is 1.13 bits per heavy atom. The molecule has 1 aromatic rings. The van der Waals surface area contributed by atoms with Crippen molar-refractivity contribution in [1.82, 2.24) is 4.31 Å². The van der Waals surface area contributed by atoms with E-state index >= 15 is 0 Å². The van der Waals surface area contributed by atoms with Crippen LogP contribution in [0.2, 0.25) is 0 Å². The minimum Gasteiger partial charge on any atom is -0.378 e. The fraction of sp³-hybridized carbons (Fsp3) is 0.526. The number of amides is 1. The molecule has 0 aliphatic carbocycles. The van der Waals surface area contributed by atoms with E-state index in [1.807, 2.05) is 12.1 Å². The summed E-state index contributed by atoms with van der Waals surface area (Å²) in [5.74, 6) is 5.99. The van der Waals surface area contributed by atoms with Crippen molar-refractivity contribution >= 4 is 33.4 Å². The third-order valence-corrected chi connectivity index (χ3v) is 7.23. The van der Waals surface area contributed by atoms with E-state index in [4.69, 9.17) is 16.3 Å². The third-order valence-electron chi connectivity index (χ3n) is 5.93. The summed E-state index contributed by atoms with van der Waals surface area (Å²) in [6.45, 7) is 3.71. The summed E-state index contributed by atoms with van der Waals surface area (Å²) in [6.07, 6.45) is 2.29. The number of benzene rings is 1. The number of nitrogens with zero attached hydrogens (tertiary/aromatic N) is 5. The summed E-state index contributed by atoms with van der Waals surface area (Å²) in [5.41, 5.74) is 7.42. The number of hydrogen-bond donors (Lipinski definition) is 2. The molecule has 3 aliphatic heterocycles. The summed E-state index contributed by atoms with van der Waals surface area (Å²) < 4.78 is 29.3. The number of hydrogen-bond acceptors (Lipinski definition) is 9. The maximum atomic E-state index is 13.1. The van der Waals surface area contributed by atoms with E-state index in [2.05, 4.69) is 15.0 Å². The van der Waals surface area contributed by atoms with Gasteiger partial charge in [-0.1, -0.05) is 0 Å². The highest BCUT2D eigenvalue weighted by molar-refractivity contribution is 7.88. The van der Waals surface area contributed by atoms with Crippen LogP contribution in [0.15, 0.2) is 34.4 Å². The standard InChI is InChI=1S/C19H28N7O4S/c1-31(28,29)25-8-6-14(7-9-25)17-22-19(20)26(21,23-17)18(27)15-2-4-16(5-3-15)24-10-12-30-13-11-24/h2-5,14H,6-13,21H2,1H3,(H2,20,22,23)/q+1. The van der Waals surface area contributed by atoms with Crippen molar-refractivity contribution < 1.29 is 22.7 Å². The van der Waals surface area contributed by atoms with E-state index < -0.39 is 20.6 Å². The molecule has 3 aliphatic rings. The van der Waals surface area contributed by atoms with Gasteiger partial charge in [-0.2, -0.15) is 4.99 Å². The lowest BCUT2D eigenvalue weighted by Gasteiger charge is -2.29. The second-order valence-corrected chi connectivity index (χ2v) is 9.98. The van der Waals surface area contributed by atoms with Crippen LogP contribution in [-0.4, -0.2) is 80.8 Å². The summed E-state index contributed by atoms with van der Waals surface area (Å²) in [5, 5.41) is 4.36. The Bertz CT molecular complexity index is 1010. The second-order valence-electron chi connectivity index (χ2n) is 8.00. The Hall–Kier alpha value is -2.38. The van der Waals surface area contributed by atoms with Crippen LogP contribution in [0.4, 0.5) is 5.69 Å². The number of carbonyl (C=O) groups is 1. The van der Waals surface area contributed by atoms with E-state index in [9.17, 15) is 13.2 Å². The highest BCUT2D eigenvalue weighted by Crippen LogP contribution is 2.26. The fourth-order valence-electron chi connectivity index (χ4n) is 4.03. The van der Waals surface area contributed by atoms with Gasteiger partial charge in [0.2, 0.25) is 10.0 Å². The molecule has 0 saturated carbocycles. The first-order chi connectivity index (χ1) is 14.7. The number of rotatable bonds is 4. The number of piperidine rings is 1. The number of quaternary nitrogens is 1. The van der Waals surface area contributed by atoms with Crippen LogP contribution in [0.25, 0.3) is 0 Å². The van der Waals surface area contributed by atoms with Crippen LogP contribution in [0.5, 0.6) is 0 Å². The molecule has 0 spiro atoms. The number of nitrogens with two attached hydrogens (primary N) is 2. The van der Waals surface area contributed by atoms with Gasteiger partial charge in [-0.25, -0.2) is 17.5 Å². The zero-order valence-corrected chi connectivity index (χ0v) is 18.3. The van der Waals surface area contributed by atoms with Gasteiger partial charge in [-0.3, -0.25) is 0 Å². The smallest absolute Gasteiger partial charge is 0.378 e. The SMILES string of the molecule is CS(=O)(=O)N1CCC(C2=N[N+](N)(C(=O)c3ccc(N4CCOCC4)cc3)C(N)=N2)CC1. The molecule has 12 heteroatoms. The van der Waals surface area contributed by atoms with Crippen LogP contribution in [0.3, 0.4) is 0 Å². The lowest BCUT2D eigenvalue weighted by atomic mass is 9.97. The number of anilines is 1. The molecular weight excluding hydrogens is 422 g/mol. The van der Waals surface area contributed by atoms with Gasteiger partial charge >= 0.3 is 11.9 Å². The normalized spacial score (nSPS) is 25.9. The molecule has 2 saturated heterocycles. The van der Waals surface area contributed by atoms with E-state index in [1.165, 1.54) is 10.6 Å². The van der Waals surface area contributed by atoms with Gasteiger partial charge in [0.25, 0.3) is 0 Å². The first-order valence-electron chi connectivity index (χ1n) is 10.2. The van der Waals surface area contributed by atoms with Gasteiger partial charge in [-0.05, 0) is 42.2 Å². The lowest BCUT2D eigenvalue weighted by molar-refractivity contribution is -0.775. The molecule has 1 amide bonds.